The van der Waals surface area contributed by atoms with E-state index >= 15 is 0 Å². The Kier molecular flexibility index (Phi) is 4.03. The lowest BCUT2D eigenvalue weighted by Crippen LogP contribution is -2.29. The van der Waals surface area contributed by atoms with Crippen LogP contribution in [0.2, 0.25) is 0 Å². The molecule has 2 N–H and O–H groups in total. The molecular weight excluding hydrogens is 274 g/mol. The topological polar surface area (TPSA) is 78.9 Å². The van der Waals surface area contributed by atoms with Crippen LogP contribution in [0.1, 0.15) is 18.9 Å². The van der Waals surface area contributed by atoms with Crippen molar-refractivity contribution in [2.24, 2.45) is 0 Å². The summed E-state index contributed by atoms with van der Waals surface area (Å²) in [6, 6.07) is 0. The standard InChI is InChI=1S/C12H19N7S/c1-12(2,8-14-6-7-20-8)18-10-15-9(13-3)16-11(17-10)19(4)5/h6-7H,1-5H3,(H2,13,15,16,17,18). The maximum Gasteiger partial charge on any atom is 0.231 e. The Labute approximate surface area is 122 Å². The van der Waals surface area contributed by atoms with Gasteiger partial charge in [-0.1, -0.05) is 0 Å². The van der Waals surface area contributed by atoms with Crippen LogP contribution in [0.5, 0.6) is 0 Å². The second-order valence-electron chi connectivity index (χ2n) is 5.01. The monoisotopic (exact) mass is 293 g/mol. The molecule has 0 spiro atoms. The van der Waals surface area contributed by atoms with Gasteiger partial charge in [-0.2, -0.15) is 15.0 Å². The van der Waals surface area contributed by atoms with Crippen LogP contribution < -0.4 is 15.5 Å². The van der Waals surface area contributed by atoms with Gasteiger partial charge in [0.15, 0.2) is 0 Å². The fourth-order valence-corrected chi connectivity index (χ4v) is 2.32. The van der Waals surface area contributed by atoms with E-state index in [9.17, 15) is 0 Å². The number of hydrogen-bond acceptors (Lipinski definition) is 8. The molecule has 108 valence electrons. The van der Waals surface area contributed by atoms with Crippen LogP contribution in [0.15, 0.2) is 11.6 Å². The molecule has 0 unspecified atom stereocenters. The van der Waals surface area contributed by atoms with Gasteiger partial charge in [0.05, 0.1) is 5.54 Å². The lowest BCUT2D eigenvalue weighted by Gasteiger charge is -2.24. The van der Waals surface area contributed by atoms with E-state index in [4.69, 9.17) is 0 Å². The van der Waals surface area contributed by atoms with Crippen molar-refractivity contribution in [1.29, 1.82) is 0 Å². The summed E-state index contributed by atoms with van der Waals surface area (Å²) in [4.78, 5) is 19.2. The Morgan fingerprint density at radius 1 is 1.15 bits per heavy atom. The summed E-state index contributed by atoms with van der Waals surface area (Å²) in [5, 5.41) is 9.19. The van der Waals surface area contributed by atoms with Gasteiger partial charge >= 0.3 is 0 Å². The number of nitrogens with one attached hydrogen (secondary N) is 2. The van der Waals surface area contributed by atoms with Gasteiger partial charge in [-0.3, -0.25) is 0 Å². The molecule has 8 heteroatoms. The molecule has 20 heavy (non-hydrogen) atoms. The van der Waals surface area contributed by atoms with Crippen molar-refractivity contribution in [3.63, 3.8) is 0 Å². The Balaban J connectivity index is 2.31. The highest BCUT2D eigenvalue weighted by Gasteiger charge is 2.24. The first kappa shape index (κ1) is 14.4. The number of thiazole rings is 1. The maximum absolute atomic E-state index is 4.41. The molecule has 7 nitrogen and oxygen atoms in total. The predicted molar refractivity (Wildman–Crippen MR) is 82.5 cm³/mol. The largest absolute Gasteiger partial charge is 0.357 e. The second kappa shape index (κ2) is 5.58. The van der Waals surface area contributed by atoms with E-state index in [-0.39, 0.29) is 5.54 Å². The number of anilines is 3. The fourth-order valence-electron chi connectivity index (χ4n) is 1.60. The van der Waals surface area contributed by atoms with Crippen molar-refractivity contribution in [2.75, 3.05) is 36.7 Å². The molecule has 0 fully saturated rings. The zero-order valence-electron chi connectivity index (χ0n) is 12.3. The third-order valence-corrected chi connectivity index (χ3v) is 3.74. The Hall–Kier alpha value is -1.96. The quantitative estimate of drug-likeness (QED) is 0.870. The number of nitrogens with zero attached hydrogens (tertiary/aromatic N) is 5. The summed E-state index contributed by atoms with van der Waals surface area (Å²) in [6.07, 6.45) is 1.79. The van der Waals surface area contributed by atoms with Gasteiger partial charge in [-0.25, -0.2) is 4.98 Å². The van der Waals surface area contributed by atoms with Gasteiger partial charge in [-0.05, 0) is 13.8 Å². The van der Waals surface area contributed by atoms with Crippen molar-refractivity contribution in [3.05, 3.63) is 16.6 Å². The van der Waals surface area contributed by atoms with E-state index in [1.165, 1.54) is 0 Å². The van der Waals surface area contributed by atoms with E-state index in [1.54, 1.807) is 24.6 Å². The normalized spacial score (nSPS) is 11.2. The average Bonchev–Trinajstić information content (AvgIpc) is 2.92. The highest BCUT2D eigenvalue weighted by atomic mass is 32.1. The van der Waals surface area contributed by atoms with Crippen molar-refractivity contribution in [3.8, 4) is 0 Å². The third kappa shape index (κ3) is 3.13. The Morgan fingerprint density at radius 2 is 1.85 bits per heavy atom. The number of aromatic nitrogens is 4. The zero-order chi connectivity index (χ0) is 14.8. The molecule has 2 aromatic heterocycles. The summed E-state index contributed by atoms with van der Waals surface area (Å²) in [6.45, 7) is 4.09. The van der Waals surface area contributed by atoms with E-state index in [1.807, 2.05) is 38.2 Å². The van der Waals surface area contributed by atoms with Crippen LogP contribution in [-0.2, 0) is 5.54 Å². The molecular formula is C12H19N7S. The molecule has 0 saturated carbocycles. The highest BCUT2D eigenvalue weighted by Crippen LogP contribution is 2.26. The van der Waals surface area contributed by atoms with Crippen LogP contribution in [0.25, 0.3) is 0 Å². The molecule has 0 aliphatic heterocycles. The zero-order valence-corrected chi connectivity index (χ0v) is 13.1. The molecule has 0 atom stereocenters. The van der Waals surface area contributed by atoms with Crippen LogP contribution in [0.4, 0.5) is 17.8 Å². The summed E-state index contributed by atoms with van der Waals surface area (Å²) < 4.78 is 0. The van der Waals surface area contributed by atoms with Crippen LogP contribution in [0.3, 0.4) is 0 Å². The molecule has 2 heterocycles. The fraction of sp³-hybridized carbons (Fsp3) is 0.500. The lowest BCUT2D eigenvalue weighted by molar-refractivity contribution is 0.596. The molecule has 0 aromatic carbocycles. The van der Waals surface area contributed by atoms with Gasteiger partial charge in [0.1, 0.15) is 5.01 Å². The van der Waals surface area contributed by atoms with Crippen LogP contribution in [-0.4, -0.2) is 41.1 Å². The van der Waals surface area contributed by atoms with Crippen molar-refractivity contribution >= 4 is 29.2 Å². The highest BCUT2D eigenvalue weighted by molar-refractivity contribution is 7.09. The smallest absolute Gasteiger partial charge is 0.231 e. The summed E-state index contributed by atoms with van der Waals surface area (Å²) >= 11 is 1.60. The number of rotatable bonds is 5. The van der Waals surface area contributed by atoms with Gasteiger partial charge < -0.3 is 15.5 Å². The molecule has 0 amide bonds. The van der Waals surface area contributed by atoms with Gasteiger partial charge in [0.2, 0.25) is 17.8 Å². The van der Waals surface area contributed by atoms with E-state index < -0.39 is 0 Å². The number of hydrogen-bond donors (Lipinski definition) is 2. The van der Waals surface area contributed by atoms with Crippen LogP contribution in [0, 0.1) is 0 Å². The summed E-state index contributed by atoms with van der Waals surface area (Å²) in [7, 11) is 5.57. The molecule has 0 bridgehead atoms. The predicted octanol–water partition coefficient (Wildman–Crippen LogP) is 1.78. The van der Waals surface area contributed by atoms with Crippen LogP contribution >= 0.6 is 11.3 Å². The average molecular weight is 293 g/mol. The van der Waals surface area contributed by atoms with Gasteiger partial charge in [0.25, 0.3) is 0 Å². The Bertz CT molecular complexity index is 565. The molecule has 0 radical (unpaired) electrons. The lowest BCUT2D eigenvalue weighted by atomic mass is 10.1. The van der Waals surface area contributed by atoms with Gasteiger partial charge in [-0.15, -0.1) is 11.3 Å². The minimum atomic E-state index is -0.343. The summed E-state index contributed by atoms with van der Waals surface area (Å²) in [5.74, 6) is 1.65. The molecule has 0 saturated heterocycles. The second-order valence-corrected chi connectivity index (χ2v) is 5.91. The molecule has 2 rings (SSSR count). The van der Waals surface area contributed by atoms with E-state index in [2.05, 4.69) is 30.6 Å². The third-order valence-electron chi connectivity index (χ3n) is 2.64. The first-order valence-corrected chi connectivity index (χ1v) is 7.09. The molecule has 0 aliphatic rings. The minimum Gasteiger partial charge on any atom is -0.357 e. The molecule has 2 aromatic rings. The minimum absolute atomic E-state index is 0.343. The first-order chi connectivity index (χ1) is 9.42. The van der Waals surface area contributed by atoms with Gasteiger partial charge in [0, 0.05) is 32.7 Å². The van der Waals surface area contributed by atoms with Crippen molar-refractivity contribution in [1.82, 2.24) is 19.9 Å². The SMILES string of the molecule is CNc1nc(NC(C)(C)c2nccs2)nc(N(C)C)n1. The van der Waals surface area contributed by atoms with Crippen molar-refractivity contribution in [2.45, 2.75) is 19.4 Å². The first-order valence-electron chi connectivity index (χ1n) is 6.21. The van der Waals surface area contributed by atoms with E-state index in [0.717, 1.165) is 5.01 Å². The maximum atomic E-state index is 4.41. The van der Waals surface area contributed by atoms with E-state index in [0.29, 0.717) is 17.8 Å². The Morgan fingerprint density at radius 3 is 2.40 bits per heavy atom. The van der Waals surface area contributed by atoms with Crippen molar-refractivity contribution < 1.29 is 0 Å². The molecule has 0 aliphatic carbocycles. The summed E-state index contributed by atoms with van der Waals surface area (Å²) in [5.41, 5.74) is -0.343.